The van der Waals surface area contributed by atoms with Gasteiger partial charge in [0.1, 0.15) is 11.6 Å². The Labute approximate surface area is 123 Å². The van der Waals surface area contributed by atoms with Crippen LogP contribution in [0.5, 0.6) is 0 Å². The van der Waals surface area contributed by atoms with Crippen LogP contribution in [0.2, 0.25) is 0 Å². The molecule has 6 heteroatoms. The molecule has 0 unspecified atom stereocenters. The molecule has 0 fully saturated rings. The summed E-state index contributed by atoms with van der Waals surface area (Å²) in [5, 5.41) is 14.0. The topological polar surface area (TPSA) is 81.0 Å². The predicted octanol–water partition coefficient (Wildman–Crippen LogP) is 3.53. The summed E-state index contributed by atoms with van der Waals surface area (Å²) in [5.74, 6) is 1.64. The molecule has 0 atom stereocenters. The summed E-state index contributed by atoms with van der Waals surface area (Å²) in [6.45, 7) is 5.94. The van der Waals surface area contributed by atoms with Crippen LogP contribution < -0.4 is 5.32 Å². The second-order valence-electron chi connectivity index (χ2n) is 5.12. The molecule has 0 aliphatic rings. The van der Waals surface area contributed by atoms with Crippen molar-refractivity contribution in [1.82, 2.24) is 9.97 Å². The lowest BCUT2D eigenvalue weighted by Gasteiger charge is -2.14. The number of hydrogen-bond donors (Lipinski definition) is 1. The summed E-state index contributed by atoms with van der Waals surface area (Å²) in [7, 11) is 1.80. The van der Waals surface area contributed by atoms with Crippen molar-refractivity contribution >= 4 is 11.5 Å². The number of nitrogens with zero attached hydrogens (tertiary/aromatic N) is 3. The Morgan fingerprint density at radius 3 is 2.57 bits per heavy atom. The lowest BCUT2D eigenvalue weighted by molar-refractivity contribution is -0.384. The van der Waals surface area contributed by atoms with Crippen LogP contribution in [0.3, 0.4) is 0 Å². The third-order valence-electron chi connectivity index (χ3n) is 3.25. The SMILES string of the molecule is CNc1nc(C(C)C)nc(-c2cccc([N+](=O)[O-])c2)c1C. The van der Waals surface area contributed by atoms with Crippen molar-refractivity contribution in [2.24, 2.45) is 0 Å². The van der Waals surface area contributed by atoms with Crippen molar-refractivity contribution < 1.29 is 4.92 Å². The van der Waals surface area contributed by atoms with Gasteiger partial charge in [0, 0.05) is 36.2 Å². The summed E-state index contributed by atoms with van der Waals surface area (Å²) < 4.78 is 0. The van der Waals surface area contributed by atoms with Crippen LogP contribution >= 0.6 is 0 Å². The van der Waals surface area contributed by atoms with Crippen molar-refractivity contribution in [3.63, 3.8) is 0 Å². The normalized spacial score (nSPS) is 10.7. The second-order valence-corrected chi connectivity index (χ2v) is 5.12. The van der Waals surface area contributed by atoms with Crippen LogP contribution in [0.15, 0.2) is 24.3 Å². The standard InChI is InChI=1S/C15H18N4O2/c1-9(2)14-17-13(10(3)15(16-4)18-14)11-6-5-7-12(8-11)19(20)21/h5-9H,1-4H3,(H,16,17,18). The lowest BCUT2D eigenvalue weighted by atomic mass is 10.1. The van der Waals surface area contributed by atoms with E-state index in [0.717, 1.165) is 22.6 Å². The molecule has 0 radical (unpaired) electrons. The van der Waals surface area contributed by atoms with Gasteiger partial charge in [-0.1, -0.05) is 26.0 Å². The molecule has 1 heterocycles. The van der Waals surface area contributed by atoms with Crippen LogP contribution in [0.25, 0.3) is 11.3 Å². The smallest absolute Gasteiger partial charge is 0.270 e. The van der Waals surface area contributed by atoms with Gasteiger partial charge in [0.05, 0.1) is 10.6 Å². The molecular weight excluding hydrogens is 268 g/mol. The fraction of sp³-hybridized carbons (Fsp3) is 0.333. The Bertz CT molecular complexity index is 683. The van der Waals surface area contributed by atoms with Gasteiger partial charge in [-0.05, 0) is 6.92 Å². The Morgan fingerprint density at radius 1 is 1.29 bits per heavy atom. The third kappa shape index (κ3) is 2.99. The van der Waals surface area contributed by atoms with E-state index in [2.05, 4.69) is 15.3 Å². The van der Waals surface area contributed by atoms with Gasteiger partial charge < -0.3 is 5.32 Å². The van der Waals surface area contributed by atoms with Gasteiger partial charge in [0.2, 0.25) is 0 Å². The van der Waals surface area contributed by atoms with E-state index in [1.165, 1.54) is 6.07 Å². The van der Waals surface area contributed by atoms with Crippen molar-refractivity contribution in [1.29, 1.82) is 0 Å². The van der Waals surface area contributed by atoms with E-state index in [9.17, 15) is 10.1 Å². The Morgan fingerprint density at radius 2 is 2.00 bits per heavy atom. The molecule has 1 aromatic carbocycles. The molecule has 1 N–H and O–H groups in total. The summed E-state index contributed by atoms with van der Waals surface area (Å²) in [6, 6.07) is 6.51. The van der Waals surface area contributed by atoms with Crippen LogP contribution in [0.4, 0.5) is 11.5 Å². The zero-order valence-electron chi connectivity index (χ0n) is 12.5. The van der Waals surface area contributed by atoms with Gasteiger partial charge in [0.25, 0.3) is 5.69 Å². The van der Waals surface area contributed by atoms with Gasteiger partial charge in [-0.25, -0.2) is 9.97 Å². The highest BCUT2D eigenvalue weighted by Gasteiger charge is 2.15. The van der Waals surface area contributed by atoms with E-state index < -0.39 is 4.92 Å². The minimum Gasteiger partial charge on any atom is -0.373 e. The number of nitro benzene ring substituents is 1. The maximum atomic E-state index is 10.9. The van der Waals surface area contributed by atoms with Crippen molar-refractivity contribution in [3.8, 4) is 11.3 Å². The largest absolute Gasteiger partial charge is 0.373 e. The molecule has 0 aliphatic heterocycles. The monoisotopic (exact) mass is 286 g/mol. The molecule has 110 valence electrons. The van der Waals surface area contributed by atoms with Crippen LogP contribution in [0, 0.1) is 17.0 Å². The van der Waals surface area contributed by atoms with Crippen molar-refractivity contribution in [2.75, 3.05) is 12.4 Å². The molecule has 2 rings (SSSR count). The Kier molecular flexibility index (Phi) is 4.16. The molecule has 0 spiro atoms. The lowest BCUT2D eigenvalue weighted by Crippen LogP contribution is -2.06. The van der Waals surface area contributed by atoms with Crippen molar-refractivity contribution in [2.45, 2.75) is 26.7 Å². The molecule has 0 saturated carbocycles. The molecule has 6 nitrogen and oxygen atoms in total. The van der Waals surface area contributed by atoms with E-state index in [-0.39, 0.29) is 11.6 Å². The third-order valence-corrected chi connectivity index (χ3v) is 3.25. The summed E-state index contributed by atoms with van der Waals surface area (Å²) >= 11 is 0. The van der Waals surface area contributed by atoms with E-state index in [1.54, 1.807) is 19.2 Å². The number of non-ortho nitro benzene ring substituents is 1. The first-order chi connectivity index (χ1) is 9.93. The molecule has 0 saturated heterocycles. The summed E-state index contributed by atoms with van der Waals surface area (Å²) in [5.41, 5.74) is 2.38. The van der Waals surface area contributed by atoms with E-state index in [0.29, 0.717) is 5.82 Å². The van der Waals surface area contributed by atoms with E-state index in [4.69, 9.17) is 0 Å². The number of aromatic nitrogens is 2. The van der Waals surface area contributed by atoms with Gasteiger partial charge in [-0.2, -0.15) is 0 Å². The molecule has 21 heavy (non-hydrogen) atoms. The van der Waals surface area contributed by atoms with Crippen LogP contribution in [0.1, 0.15) is 31.2 Å². The van der Waals surface area contributed by atoms with Gasteiger partial charge in [0.15, 0.2) is 0 Å². The van der Waals surface area contributed by atoms with Crippen molar-refractivity contribution in [3.05, 3.63) is 45.8 Å². The van der Waals surface area contributed by atoms with E-state index >= 15 is 0 Å². The zero-order valence-corrected chi connectivity index (χ0v) is 12.5. The molecule has 0 aliphatic carbocycles. The molecule has 0 amide bonds. The zero-order chi connectivity index (χ0) is 15.6. The molecule has 1 aromatic heterocycles. The van der Waals surface area contributed by atoms with Gasteiger partial charge in [-0.15, -0.1) is 0 Å². The first kappa shape index (κ1) is 14.9. The first-order valence-corrected chi connectivity index (χ1v) is 6.75. The highest BCUT2D eigenvalue weighted by Crippen LogP contribution is 2.29. The predicted molar refractivity (Wildman–Crippen MR) is 82.5 cm³/mol. The Hall–Kier alpha value is -2.50. The number of nitrogens with one attached hydrogen (secondary N) is 1. The fourth-order valence-corrected chi connectivity index (χ4v) is 2.08. The van der Waals surface area contributed by atoms with Crippen LogP contribution in [-0.2, 0) is 0 Å². The highest BCUT2D eigenvalue weighted by molar-refractivity contribution is 5.70. The number of nitro groups is 1. The molecule has 2 aromatic rings. The quantitative estimate of drug-likeness (QED) is 0.687. The minimum absolute atomic E-state index is 0.0580. The number of benzene rings is 1. The van der Waals surface area contributed by atoms with Gasteiger partial charge in [-0.3, -0.25) is 10.1 Å². The second kappa shape index (κ2) is 5.87. The summed E-state index contributed by atoms with van der Waals surface area (Å²) in [6.07, 6.45) is 0. The average molecular weight is 286 g/mol. The van der Waals surface area contributed by atoms with Crippen LogP contribution in [-0.4, -0.2) is 21.9 Å². The number of hydrogen-bond acceptors (Lipinski definition) is 5. The minimum atomic E-state index is -0.400. The maximum Gasteiger partial charge on any atom is 0.270 e. The molecular formula is C15H18N4O2. The van der Waals surface area contributed by atoms with Gasteiger partial charge >= 0.3 is 0 Å². The number of anilines is 1. The Balaban J connectivity index is 2.64. The average Bonchev–Trinajstić information content (AvgIpc) is 2.47. The highest BCUT2D eigenvalue weighted by atomic mass is 16.6. The summed E-state index contributed by atoms with van der Waals surface area (Å²) in [4.78, 5) is 19.6. The first-order valence-electron chi connectivity index (χ1n) is 6.75. The maximum absolute atomic E-state index is 10.9. The van der Waals surface area contributed by atoms with E-state index in [1.807, 2.05) is 26.8 Å². The molecule has 0 bridgehead atoms. The number of rotatable bonds is 4. The fourth-order valence-electron chi connectivity index (χ4n) is 2.08.